The third-order valence-electron chi connectivity index (χ3n) is 4.30. The van der Waals surface area contributed by atoms with Gasteiger partial charge in [0.25, 0.3) is 0 Å². The molecule has 6 heteroatoms. The Morgan fingerprint density at radius 2 is 1.57 bits per heavy atom. The van der Waals surface area contributed by atoms with Crippen LogP contribution in [0.5, 0.6) is 11.5 Å². The number of aromatic nitrogens is 2. The van der Waals surface area contributed by atoms with Crippen molar-refractivity contribution < 1.29 is 9.53 Å². The van der Waals surface area contributed by atoms with E-state index >= 15 is 0 Å². The van der Waals surface area contributed by atoms with Gasteiger partial charge < -0.3 is 10.1 Å². The lowest BCUT2D eigenvalue weighted by molar-refractivity contribution is -0.116. The van der Waals surface area contributed by atoms with E-state index in [1.807, 2.05) is 74.7 Å². The van der Waals surface area contributed by atoms with Crippen LogP contribution in [0, 0.1) is 13.8 Å². The van der Waals surface area contributed by atoms with Crippen molar-refractivity contribution in [2.45, 2.75) is 31.8 Å². The molecule has 0 radical (unpaired) electrons. The first-order valence-electron chi connectivity index (χ1n) is 9.06. The summed E-state index contributed by atoms with van der Waals surface area (Å²) in [7, 11) is 0. The highest BCUT2D eigenvalue weighted by molar-refractivity contribution is 7.98. The molecule has 3 rings (SSSR count). The fourth-order valence-electron chi connectivity index (χ4n) is 2.85. The van der Waals surface area contributed by atoms with Gasteiger partial charge >= 0.3 is 0 Å². The molecule has 5 nitrogen and oxygen atoms in total. The monoisotopic (exact) mass is 393 g/mol. The van der Waals surface area contributed by atoms with Gasteiger partial charge in [-0.25, -0.2) is 9.97 Å². The summed E-state index contributed by atoms with van der Waals surface area (Å²) in [4.78, 5) is 21.2. The first-order chi connectivity index (χ1) is 13.5. The van der Waals surface area contributed by atoms with E-state index in [1.165, 1.54) is 11.8 Å². The summed E-state index contributed by atoms with van der Waals surface area (Å²) in [5.41, 5.74) is 3.66. The average Bonchev–Trinajstić information content (AvgIpc) is 2.69. The maximum absolute atomic E-state index is 12.3. The number of hydrogen-bond donors (Lipinski definition) is 1. The van der Waals surface area contributed by atoms with Gasteiger partial charge in [-0.15, -0.1) is 0 Å². The Balaban J connectivity index is 1.55. The van der Waals surface area contributed by atoms with Gasteiger partial charge in [0.05, 0.1) is 0 Å². The molecule has 1 amide bonds. The van der Waals surface area contributed by atoms with Crippen molar-refractivity contribution in [3.05, 3.63) is 71.5 Å². The molecule has 0 unspecified atom stereocenters. The number of anilines is 1. The van der Waals surface area contributed by atoms with Crippen LogP contribution in [-0.4, -0.2) is 22.1 Å². The number of nitrogens with zero attached hydrogens (tertiary/aromatic N) is 2. The minimum absolute atomic E-state index is 0.0375. The van der Waals surface area contributed by atoms with E-state index in [0.29, 0.717) is 12.8 Å². The highest BCUT2D eigenvalue weighted by Gasteiger charge is 2.11. The van der Waals surface area contributed by atoms with E-state index in [9.17, 15) is 4.79 Å². The molecule has 1 aromatic heterocycles. The molecule has 1 heterocycles. The third-order valence-corrected chi connectivity index (χ3v) is 4.85. The van der Waals surface area contributed by atoms with E-state index in [-0.39, 0.29) is 5.91 Å². The van der Waals surface area contributed by atoms with Gasteiger partial charge in [0, 0.05) is 23.5 Å². The van der Waals surface area contributed by atoms with Gasteiger partial charge in [-0.2, -0.15) is 0 Å². The highest BCUT2D eigenvalue weighted by atomic mass is 32.2. The molecule has 2 aromatic carbocycles. The first-order valence-corrected chi connectivity index (χ1v) is 10.3. The molecular weight excluding hydrogens is 370 g/mol. The maximum Gasteiger partial charge on any atom is 0.224 e. The zero-order valence-electron chi connectivity index (χ0n) is 16.2. The highest BCUT2D eigenvalue weighted by Crippen LogP contribution is 2.23. The van der Waals surface area contributed by atoms with E-state index < -0.39 is 0 Å². The molecule has 0 aliphatic rings. The molecule has 3 aromatic rings. The van der Waals surface area contributed by atoms with E-state index in [1.54, 1.807) is 0 Å². The molecule has 0 saturated heterocycles. The molecule has 0 aliphatic carbocycles. The number of hydrogen-bond acceptors (Lipinski definition) is 5. The molecule has 28 heavy (non-hydrogen) atoms. The number of amides is 1. The van der Waals surface area contributed by atoms with Gasteiger partial charge in [0.15, 0.2) is 5.16 Å². The minimum atomic E-state index is -0.0375. The lowest BCUT2D eigenvalue weighted by atomic mass is 10.1. The van der Waals surface area contributed by atoms with Crippen LogP contribution in [0.25, 0.3) is 0 Å². The number of para-hydroxylation sites is 1. The van der Waals surface area contributed by atoms with Crippen molar-refractivity contribution >= 4 is 23.4 Å². The second kappa shape index (κ2) is 9.37. The summed E-state index contributed by atoms with van der Waals surface area (Å²) >= 11 is 1.52. The van der Waals surface area contributed by atoms with Gasteiger partial charge in [0.2, 0.25) is 5.91 Å². The average molecular weight is 394 g/mol. The Labute approximate surface area is 169 Å². The van der Waals surface area contributed by atoms with Crippen LogP contribution in [0.3, 0.4) is 0 Å². The van der Waals surface area contributed by atoms with Gasteiger partial charge in [0.1, 0.15) is 11.5 Å². The second-order valence-corrected chi connectivity index (χ2v) is 7.12. The predicted molar refractivity (Wildman–Crippen MR) is 113 cm³/mol. The number of rotatable bonds is 7. The van der Waals surface area contributed by atoms with Gasteiger partial charge in [-0.05, 0) is 68.5 Å². The summed E-state index contributed by atoms with van der Waals surface area (Å²) in [6, 6.07) is 16.9. The molecule has 0 spiro atoms. The molecule has 0 atom stereocenters. The van der Waals surface area contributed by atoms with Crippen LogP contribution in [0.2, 0.25) is 0 Å². The van der Waals surface area contributed by atoms with Crippen molar-refractivity contribution in [3.8, 4) is 11.5 Å². The van der Waals surface area contributed by atoms with Crippen molar-refractivity contribution in [2.24, 2.45) is 0 Å². The van der Waals surface area contributed by atoms with Crippen LogP contribution in [0.4, 0.5) is 5.69 Å². The lowest BCUT2D eigenvalue weighted by Gasteiger charge is -2.11. The fourth-order valence-corrected chi connectivity index (χ4v) is 3.31. The zero-order valence-corrected chi connectivity index (χ0v) is 17.0. The number of aryl methyl sites for hydroxylation is 2. The molecule has 144 valence electrons. The van der Waals surface area contributed by atoms with Crippen LogP contribution in [0.15, 0.2) is 59.8 Å². The topological polar surface area (TPSA) is 64.1 Å². The summed E-state index contributed by atoms with van der Waals surface area (Å²) < 4.78 is 5.76. The molecule has 0 fully saturated rings. The molecular formula is C22H23N3O2S. The van der Waals surface area contributed by atoms with Crippen LogP contribution in [0.1, 0.15) is 23.4 Å². The number of carbonyl (C=O) groups excluding carboxylic acids is 1. The lowest BCUT2D eigenvalue weighted by Crippen LogP contribution is -2.13. The van der Waals surface area contributed by atoms with Gasteiger partial charge in [-0.3, -0.25) is 4.79 Å². The number of nitrogens with one attached hydrogen (secondary N) is 1. The molecule has 1 N–H and O–H groups in total. The predicted octanol–water partition coefficient (Wildman–Crippen LogP) is 5.18. The number of thioether (sulfide) groups is 1. The quantitative estimate of drug-likeness (QED) is 0.443. The SMILES string of the molecule is CSc1nc(C)c(CCC(=O)Nc2ccc(Oc3ccccc3)cc2)c(C)n1. The first kappa shape index (κ1) is 19.9. The molecule has 0 aliphatic heterocycles. The Kier molecular flexibility index (Phi) is 6.66. The summed E-state index contributed by atoms with van der Waals surface area (Å²) in [5.74, 6) is 1.46. The van der Waals surface area contributed by atoms with E-state index in [2.05, 4.69) is 15.3 Å². The second-order valence-electron chi connectivity index (χ2n) is 6.35. The number of benzene rings is 2. The molecule has 0 bridgehead atoms. The summed E-state index contributed by atoms with van der Waals surface area (Å²) in [6.07, 6.45) is 2.96. The Morgan fingerprint density at radius 3 is 2.18 bits per heavy atom. The fraction of sp³-hybridized carbons (Fsp3) is 0.227. The van der Waals surface area contributed by atoms with Crippen LogP contribution < -0.4 is 10.1 Å². The van der Waals surface area contributed by atoms with E-state index in [4.69, 9.17) is 4.74 Å². The largest absolute Gasteiger partial charge is 0.457 e. The summed E-state index contributed by atoms with van der Waals surface area (Å²) in [5, 5.41) is 3.69. The van der Waals surface area contributed by atoms with Crippen molar-refractivity contribution in [3.63, 3.8) is 0 Å². The molecule has 0 saturated carbocycles. The normalized spacial score (nSPS) is 10.5. The van der Waals surface area contributed by atoms with Crippen molar-refractivity contribution in [1.82, 2.24) is 9.97 Å². The Bertz CT molecular complexity index is 921. The van der Waals surface area contributed by atoms with Crippen molar-refractivity contribution in [1.29, 1.82) is 0 Å². The van der Waals surface area contributed by atoms with Crippen LogP contribution >= 0.6 is 11.8 Å². The Morgan fingerprint density at radius 1 is 0.964 bits per heavy atom. The Hall–Kier alpha value is -2.86. The standard InChI is InChI=1S/C22H23N3O2S/c1-15-20(16(2)24-22(23-15)28-3)13-14-21(26)25-17-9-11-19(12-10-17)27-18-7-5-4-6-8-18/h4-12H,13-14H2,1-3H3,(H,25,26). The van der Waals surface area contributed by atoms with Crippen LogP contribution in [-0.2, 0) is 11.2 Å². The number of carbonyl (C=O) groups is 1. The third kappa shape index (κ3) is 5.33. The number of ether oxygens (including phenoxy) is 1. The zero-order chi connectivity index (χ0) is 19.9. The summed E-state index contributed by atoms with van der Waals surface area (Å²) in [6.45, 7) is 3.93. The van der Waals surface area contributed by atoms with Crippen molar-refractivity contribution in [2.75, 3.05) is 11.6 Å². The van der Waals surface area contributed by atoms with Gasteiger partial charge in [-0.1, -0.05) is 30.0 Å². The minimum Gasteiger partial charge on any atom is -0.457 e. The smallest absolute Gasteiger partial charge is 0.224 e. The van der Waals surface area contributed by atoms with E-state index in [0.717, 1.165) is 39.3 Å². The maximum atomic E-state index is 12.3.